The van der Waals surface area contributed by atoms with Crippen LogP contribution in [0.25, 0.3) is 78.0 Å². The lowest BCUT2D eigenvalue weighted by Crippen LogP contribution is -2.01. The normalized spacial score (nSPS) is 11.0. The van der Waals surface area contributed by atoms with Crippen LogP contribution in [0.15, 0.2) is 122 Å². The van der Waals surface area contributed by atoms with Crippen LogP contribution < -0.4 is 9.47 Å². The van der Waals surface area contributed by atoms with Gasteiger partial charge in [-0.05, 0) is 59.7 Å². The molecule has 0 aliphatic rings. The minimum atomic E-state index is 0.435. The highest BCUT2D eigenvalue weighted by Gasteiger charge is 2.23. The molecule has 238 valence electrons. The van der Waals surface area contributed by atoms with E-state index in [0.29, 0.717) is 56.5 Å². The summed E-state index contributed by atoms with van der Waals surface area (Å²) in [7, 11) is 3.25. The van der Waals surface area contributed by atoms with E-state index in [-0.39, 0.29) is 0 Å². The number of hydrogen-bond acceptors (Lipinski definition) is 6. The zero-order chi connectivity index (χ0) is 34.2. The number of methoxy groups -OCH3 is 2. The number of aromatic amines is 2. The molecule has 4 aromatic heterocycles. The van der Waals surface area contributed by atoms with Crippen molar-refractivity contribution in [3.8, 4) is 79.8 Å². The van der Waals surface area contributed by atoms with Gasteiger partial charge in [-0.1, -0.05) is 60.7 Å². The smallest absolute Gasteiger partial charge is 0.118 e. The zero-order valence-electron chi connectivity index (χ0n) is 27.2. The third-order valence-corrected chi connectivity index (χ3v) is 9.02. The van der Waals surface area contributed by atoms with E-state index in [9.17, 15) is 10.5 Å². The van der Waals surface area contributed by atoms with Crippen LogP contribution in [-0.2, 0) is 0 Å². The Bertz CT molecular complexity index is 2450. The van der Waals surface area contributed by atoms with Crippen molar-refractivity contribution in [1.82, 2.24) is 19.9 Å². The average Bonchev–Trinajstić information content (AvgIpc) is 3.82. The Morgan fingerprint density at radius 2 is 0.920 bits per heavy atom. The van der Waals surface area contributed by atoms with Crippen LogP contribution in [0.3, 0.4) is 0 Å². The molecule has 4 heterocycles. The molecule has 0 bridgehead atoms. The Hall–Kier alpha value is -7.16. The fourth-order valence-electron chi connectivity index (χ4n) is 6.50. The SMILES string of the molecule is COc1ccc(-c2cc(-c3cc(-c4ccc(OC)cc4)c(C#N)c(-c4c[nH]c5ccccc45)n3)nc(-c3c[nH]c4ccccc34)c2C#N)cc1. The summed E-state index contributed by atoms with van der Waals surface area (Å²) in [6.45, 7) is 0. The van der Waals surface area contributed by atoms with Crippen LogP contribution in [0.5, 0.6) is 11.5 Å². The zero-order valence-corrected chi connectivity index (χ0v) is 27.2. The van der Waals surface area contributed by atoms with Crippen molar-refractivity contribution in [3.05, 3.63) is 133 Å². The first-order chi connectivity index (χ1) is 24.6. The second-order valence-electron chi connectivity index (χ2n) is 11.7. The third kappa shape index (κ3) is 5.09. The minimum absolute atomic E-state index is 0.435. The van der Waals surface area contributed by atoms with E-state index in [1.807, 2.05) is 122 Å². The molecule has 8 rings (SSSR count). The maximum atomic E-state index is 10.7. The molecule has 8 nitrogen and oxygen atoms in total. The number of benzene rings is 4. The lowest BCUT2D eigenvalue weighted by atomic mass is 9.92. The number of H-pyrrole nitrogens is 2. The summed E-state index contributed by atoms with van der Waals surface area (Å²) in [6.07, 6.45) is 3.78. The molecule has 0 saturated carbocycles. The van der Waals surface area contributed by atoms with Crippen LogP contribution in [0.1, 0.15) is 11.1 Å². The van der Waals surface area contributed by atoms with E-state index in [4.69, 9.17) is 19.4 Å². The van der Waals surface area contributed by atoms with Gasteiger partial charge in [-0.3, -0.25) is 0 Å². The monoisotopic (exact) mass is 648 g/mol. The van der Waals surface area contributed by atoms with E-state index < -0.39 is 0 Å². The average molecular weight is 649 g/mol. The molecule has 0 radical (unpaired) electrons. The molecule has 0 saturated heterocycles. The summed E-state index contributed by atoms with van der Waals surface area (Å²) in [5, 5.41) is 23.2. The van der Waals surface area contributed by atoms with Crippen molar-refractivity contribution >= 4 is 21.8 Å². The van der Waals surface area contributed by atoms with Crippen molar-refractivity contribution in [2.24, 2.45) is 0 Å². The van der Waals surface area contributed by atoms with Gasteiger partial charge in [-0.2, -0.15) is 10.5 Å². The van der Waals surface area contributed by atoms with Crippen molar-refractivity contribution in [2.45, 2.75) is 0 Å². The fraction of sp³-hybridized carbons (Fsp3) is 0.0476. The highest BCUT2D eigenvalue weighted by Crippen LogP contribution is 2.41. The fourth-order valence-corrected chi connectivity index (χ4v) is 6.50. The number of nitriles is 2. The van der Waals surface area contributed by atoms with Crippen molar-refractivity contribution < 1.29 is 9.47 Å². The van der Waals surface area contributed by atoms with Crippen molar-refractivity contribution in [2.75, 3.05) is 14.2 Å². The van der Waals surface area contributed by atoms with Gasteiger partial charge in [0.1, 0.15) is 23.6 Å². The number of fused-ring (bicyclic) bond motifs is 2. The summed E-state index contributed by atoms with van der Waals surface area (Å²) in [5.74, 6) is 1.42. The summed E-state index contributed by atoms with van der Waals surface area (Å²) in [6, 6.07) is 39.9. The molecule has 0 amide bonds. The maximum Gasteiger partial charge on any atom is 0.118 e. The van der Waals surface area contributed by atoms with Gasteiger partial charge in [0.15, 0.2) is 0 Å². The first-order valence-electron chi connectivity index (χ1n) is 15.9. The van der Waals surface area contributed by atoms with E-state index in [1.165, 1.54) is 0 Å². The van der Waals surface area contributed by atoms with E-state index in [0.717, 1.165) is 44.1 Å². The second-order valence-corrected chi connectivity index (χ2v) is 11.7. The van der Waals surface area contributed by atoms with Gasteiger partial charge in [0.05, 0.1) is 48.1 Å². The Morgan fingerprint density at radius 3 is 1.30 bits per heavy atom. The number of aromatic nitrogens is 4. The molecular weight excluding hydrogens is 621 g/mol. The van der Waals surface area contributed by atoms with Crippen LogP contribution in [0.2, 0.25) is 0 Å². The second kappa shape index (κ2) is 12.5. The first-order valence-corrected chi connectivity index (χ1v) is 15.9. The lowest BCUT2D eigenvalue weighted by Gasteiger charge is -2.16. The van der Waals surface area contributed by atoms with Crippen molar-refractivity contribution in [1.29, 1.82) is 10.5 Å². The predicted molar refractivity (Wildman–Crippen MR) is 195 cm³/mol. The van der Waals surface area contributed by atoms with Crippen molar-refractivity contribution in [3.63, 3.8) is 0 Å². The topological polar surface area (TPSA) is 123 Å². The first kappa shape index (κ1) is 30.2. The Morgan fingerprint density at radius 1 is 0.520 bits per heavy atom. The summed E-state index contributed by atoms with van der Waals surface area (Å²) in [4.78, 5) is 17.1. The quantitative estimate of drug-likeness (QED) is 0.177. The van der Waals surface area contributed by atoms with Gasteiger partial charge in [-0.25, -0.2) is 9.97 Å². The van der Waals surface area contributed by atoms with E-state index in [2.05, 4.69) is 22.1 Å². The molecule has 8 aromatic rings. The largest absolute Gasteiger partial charge is 0.497 e. The predicted octanol–water partition coefficient (Wildman–Crippen LogP) is 9.53. The van der Waals surface area contributed by atoms with Gasteiger partial charge in [0.25, 0.3) is 0 Å². The summed E-state index contributed by atoms with van der Waals surface area (Å²) >= 11 is 0. The van der Waals surface area contributed by atoms with Gasteiger partial charge >= 0.3 is 0 Å². The highest BCUT2D eigenvalue weighted by atomic mass is 16.5. The number of ether oxygens (including phenoxy) is 2. The number of nitrogens with one attached hydrogen (secondary N) is 2. The Kier molecular flexibility index (Phi) is 7.52. The number of hydrogen-bond donors (Lipinski definition) is 2. The maximum absolute atomic E-state index is 10.7. The van der Waals surface area contributed by atoms with Crippen LogP contribution >= 0.6 is 0 Å². The van der Waals surface area contributed by atoms with Gasteiger partial charge in [0.2, 0.25) is 0 Å². The Labute approximate surface area is 287 Å². The molecular formula is C42H28N6O2. The molecule has 0 atom stereocenters. The van der Waals surface area contributed by atoms with E-state index >= 15 is 0 Å². The number of pyridine rings is 2. The highest BCUT2D eigenvalue weighted by molar-refractivity contribution is 5.99. The molecule has 0 unspecified atom stereocenters. The standard InChI is InChI=1S/C42H28N6O2/c1-49-27-15-11-25(12-16-27)31-19-39(47-41(33(31)21-43)35-23-45-37-9-5-3-7-29(35)37)40-20-32(26-13-17-28(50-2)18-14-26)34(22-44)42(48-40)36-24-46-38-10-6-4-8-30(36)38/h3-20,23-24,45-46H,1-2H3. The lowest BCUT2D eigenvalue weighted by molar-refractivity contribution is 0.415. The van der Waals surface area contributed by atoms with Gasteiger partial charge < -0.3 is 19.4 Å². The molecule has 0 spiro atoms. The molecule has 2 N–H and O–H groups in total. The van der Waals surface area contributed by atoms with E-state index in [1.54, 1.807) is 14.2 Å². The third-order valence-electron chi connectivity index (χ3n) is 9.02. The molecule has 0 aliphatic carbocycles. The van der Waals surface area contributed by atoms with Crippen LogP contribution in [0.4, 0.5) is 0 Å². The summed E-state index contributed by atoms with van der Waals surface area (Å²) in [5.41, 5.74) is 9.55. The summed E-state index contributed by atoms with van der Waals surface area (Å²) < 4.78 is 10.9. The van der Waals surface area contributed by atoms with Crippen LogP contribution in [0, 0.1) is 22.7 Å². The number of para-hydroxylation sites is 2. The number of rotatable bonds is 7. The molecule has 50 heavy (non-hydrogen) atoms. The molecule has 0 aliphatic heterocycles. The van der Waals surface area contributed by atoms with Crippen LogP contribution in [-0.4, -0.2) is 34.2 Å². The molecule has 0 fully saturated rings. The molecule has 4 aromatic carbocycles. The van der Waals surface area contributed by atoms with Gasteiger partial charge in [0, 0.05) is 56.5 Å². The molecule has 8 heteroatoms. The Balaban J connectivity index is 1.45. The van der Waals surface area contributed by atoms with Gasteiger partial charge in [-0.15, -0.1) is 0 Å². The minimum Gasteiger partial charge on any atom is -0.497 e. The number of nitrogens with zero attached hydrogens (tertiary/aromatic N) is 4.